The summed E-state index contributed by atoms with van der Waals surface area (Å²) >= 11 is 3.19. The molecule has 0 fully saturated rings. The number of nitrogen functional groups attached to an aromatic ring is 1. The van der Waals surface area contributed by atoms with E-state index in [2.05, 4.69) is 15.9 Å². The molecule has 1 aromatic carbocycles. The molecule has 4 nitrogen and oxygen atoms in total. The van der Waals surface area contributed by atoms with Crippen molar-refractivity contribution < 1.29 is 9.90 Å². The van der Waals surface area contributed by atoms with Gasteiger partial charge in [0, 0.05) is 18.6 Å². The molecule has 5 heteroatoms. The van der Waals surface area contributed by atoms with Gasteiger partial charge in [-0.3, -0.25) is 4.79 Å². The first-order valence-corrected chi connectivity index (χ1v) is 4.73. The maximum Gasteiger partial charge on any atom is 0.258 e. The van der Waals surface area contributed by atoms with Crippen molar-refractivity contribution in [1.82, 2.24) is 4.90 Å². The van der Waals surface area contributed by atoms with Crippen molar-refractivity contribution in [3.63, 3.8) is 0 Å². The fourth-order valence-electron chi connectivity index (χ4n) is 1.01. The SMILES string of the molecule is CN(C)C(=O)c1c(Br)ccc(N)c1O. The maximum absolute atomic E-state index is 11.6. The molecule has 0 atom stereocenters. The van der Waals surface area contributed by atoms with Crippen molar-refractivity contribution in [3.05, 3.63) is 22.2 Å². The Morgan fingerprint density at radius 3 is 2.57 bits per heavy atom. The Morgan fingerprint density at radius 1 is 1.50 bits per heavy atom. The van der Waals surface area contributed by atoms with Crippen LogP contribution in [0.1, 0.15) is 10.4 Å². The van der Waals surface area contributed by atoms with Gasteiger partial charge in [-0.1, -0.05) is 0 Å². The standard InChI is InChI=1S/C9H11BrN2O2/c1-12(2)9(14)7-5(10)3-4-6(11)8(7)13/h3-4,13H,11H2,1-2H3. The molecule has 0 bridgehead atoms. The van der Waals surface area contributed by atoms with E-state index in [1.165, 1.54) is 11.0 Å². The van der Waals surface area contributed by atoms with Crippen LogP contribution < -0.4 is 5.73 Å². The number of rotatable bonds is 1. The second-order valence-electron chi connectivity index (χ2n) is 3.06. The molecule has 3 N–H and O–H groups in total. The largest absolute Gasteiger partial charge is 0.505 e. The summed E-state index contributed by atoms with van der Waals surface area (Å²) < 4.78 is 0.530. The number of phenolic OH excluding ortho intramolecular Hbond substituents is 1. The normalized spacial score (nSPS) is 9.93. The minimum atomic E-state index is -0.290. The predicted molar refractivity (Wildman–Crippen MR) is 58.2 cm³/mol. The minimum absolute atomic E-state index is 0.182. The van der Waals surface area contributed by atoms with E-state index in [0.717, 1.165) is 0 Å². The third-order valence-electron chi connectivity index (χ3n) is 1.78. The highest BCUT2D eigenvalue weighted by molar-refractivity contribution is 9.10. The van der Waals surface area contributed by atoms with E-state index in [1.807, 2.05) is 0 Å². The fraction of sp³-hybridized carbons (Fsp3) is 0.222. The number of amides is 1. The van der Waals surface area contributed by atoms with E-state index in [-0.39, 0.29) is 22.9 Å². The van der Waals surface area contributed by atoms with Gasteiger partial charge >= 0.3 is 0 Å². The number of hydrogen-bond acceptors (Lipinski definition) is 3. The topological polar surface area (TPSA) is 66.6 Å². The third kappa shape index (κ3) is 1.82. The highest BCUT2D eigenvalue weighted by Gasteiger charge is 2.18. The Bertz CT molecular complexity index is 377. The number of hydrogen-bond donors (Lipinski definition) is 2. The first kappa shape index (κ1) is 10.8. The number of anilines is 1. The zero-order valence-electron chi connectivity index (χ0n) is 7.91. The summed E-state index contributed by atoms with van der Waals surface area (Å²) in [6.45, 7) is 0. The molecule has 0 spiro atoms. The fourth-order valence-corrected chi connectivity index (χ4v) is 1.50. The summed E-state index contributed by atoms with van der Waals surface area (Å²) in [7, 11) is 3.22. The molecular formula is C9H11BrN2O2. The minimum Gasteiger partial charge on any atom is -0.505 e. The molecule has 0 radical (unpaired) electrons. The molecule has 1 rings (SSSR count). The monoisotopic (exact) mass is 258 g/mol. The maximum atomic E-state index is 11.6. The van der Waals surface area contributed by atoms with E-state index >= 15 is 0 Å². The van der Waals surface area contributed by atoms with Crippen LogP contribution in [0.25, 0.3) is 0 Å². The molecule has 76 valence electrons. The summed E-state index contributed by atoms with van der Waals surface area (Å²) in [5, 5.41) is 9.60. The van der Waals surface area contributed by atoms with Crippen molar-refractivity contribution in [2.45, 2.75) is 0 Å². The van der Waals surface area contributed by atoms with Crippen LogP contribution in [0.3, 0.4) is 0 Å². The van der Waals surface area contributed by atoms with E-state index in [0.29, 0.717) is 4.47 Å². The number of halogens is 1. The van der Waals surface area contributed by atoms with Crippen LogP contribution in [0.2, 0.25) is 0 Å². The number of carbonyl (C=O) groups excluding carboxylic acids is 1. The average molecular weight is 259 g/mol. The van der Waals surface area contributed by atoms with Gasteiger partial charge in [0.2, 0.25) is 0 Å². The number of carbonyl (C=O) groups is 1. The second-order valence-corrected chi connectivity index (χ2v) is 3.91. The lowest BCUT2D eigenvalue weighted by Gasteiger charge is -2.13. The molecule has 0 aromatic heterocycles. The summed E-state index contributed by atoms with van der Waals surface area (Å²) in [6.07, 6.45) is 0. The van der Waals surface area contributed by atoms with Crippen LogP contribution >= 0.6 is 15.9 Å². The molecule has 0 aliphatic rings. The lowest BCUT2D eigenvalue weighted by molar-refractivity contribution is 0.0824. The van der Waals surface area contributed by atoms with Crippen molar-refractivity contribution in [3.8, 4) is 5.75 Å². The van der Waals surface area contributed by atoms with Crippen molar-refractivity contribution in [2.75, 3.05) is 19.8 Å². The highest BCUT2D eigenvalue weighted by Crippen LogP contribution is 2.31. The van der Waals surface area contributed by atoms with Crippen molar-refractivity contribution in [2.24, 2.45) is 0 Å². The predicted octanol–water partition coefficient (Wildman–Crippen LogP) is 1.44. The van der Waals surface area contributed by atoms with Gasteiger partial charge in [-0.25, -0.2) is 0 Å². The van der Waals surface area contributed by atoms with Crippen LogP contribution in [0, 0.1) is 0 Å². The van der Waals surface area contributed by atoms with Gasteiger partial charge in [0.15, 0.2) is 5.75 Å². The Balaban J connectivity index is 3.33. The molecular weight excluding hydrogens is 248 g/mol. The molecule has 0 unspecified atom stereocenters. The number of nitrogens with two attached hydrogens (primary N) is 1. The quantitative estimate of drug-likeness (QED) is 0.592. The molecule has 14 heavy (non-hydrogen) atoms. The molecule has 1 amide bonds. The van der Waals surface area contributed by atoms with Crippen LogP contribution in [-0.4, -0.2) is 30.0 Å². The Morgan fingerprint density at radius 2 is 2.07 bits per heavy atom. The Labute approximate surface area is 90.4 Å². The zero-order chi connectivity index (χ0) is 10.9. The van der Waals surface area contributed by atoms with Crippen LogP contribution in [-0.2, 0) is 0 Å². The first-order valence-electron chi connectivity index (χ1n) is 3.93. The van der Waals surface area contributed by atoms with Gasteiger partial charge in [0.1, 0.15) is 0 Å². The number of aromatic hydroxyl groups is 1. The second kappa shape index (κ2) is 3.88. The molecule has 0 heterocycles. The van der Waals surface area contributed by atoms with E-state index in [9.17, 15) is 9.90 Å². The molecule has 1 aromatic rings. The van der Waals surface area contributed by atoms with Crippen LogP contribution in [0.15, 0.2) is 16.6 Å². The van der Waals surface area contributed by atoms with Crippen molar-refractivity contribution in [1.29, 1.82) is 0 Å². The van der Waals surface area contributed by atoms with E-state index in [1.54, 1.807) is 20.2 Å². The number of phenols is 1. The van der Waals surface area contributed by atoms with Crippen LogP contribution in [0.5, 0.6) is 5.75 Å². The molecule has 0 saturated heterocycles. The molecule has 0 aliphatic carbocycles. The summed E-state index contributed by atoms with van der Waals surface area (Å²) in [5.41, 5.74) is 5.87. The molecule has 0 saturated carbocycles. The van der Waals surface area contributed by atoms with Crippen molar-refractivity contribution >= 4 is 27.5 Å². The first-order chi connectivity index (χ1) is 6.45. The number of nitrogens with zero attached hydrogens (tertiary/aromatic N) is 1. The van der Waals surface area contributed by atoms with Gasteiger partial charge in [-0.05, 0) is 28.1 Å². The zero-order valence-corrected chi connectivity index (χ0v) is 9.50. The van der Waals surface area contributed by atoms with Gasteiger partial charge in [0.25, 0.3) is 5.91 Å². The number of benzene rings is 1. The summed E-state index contributed by atoms with van der Waals surface area (Å²) in [4.78, 5) is 13.0. The van der Waals surface area contributed by atoms with E-state index in [4.69, 9.17) is 5.73 Å². The van der Waals surface area contributed by atoms with Gasteiger partial charge in [-0.2, -0.15) is 0 Å². The Hall–Kier alpha value is -1.23. The summed E-state index contributed by atoms with van der Waals surface area (Å²) in [6, 6.07) is 3.16. The van der Waals surface area contributed by atoms with Gasteiger partial charge in [0.05, 0.1) is 11.3 Å². The smallest absolute Gasteiger partial charge is 0.258 e. The van der Waals surface area contributed by atoms with Gasteiger partial charge in [-0.15, -0.1) is 0 Å². The lowest BCUT2D eigenvalue weighted by Crippen LogP contribution is -2.22. The lowest BCUT2D eigenvalue weighted by atomic mass is 10.1. The highest BCUT2D eigenvalue weighted by atomic mass is 79.9. The summed E-state index contributed by atoms with van der Waals surface area (Å²) in [5.74, 6) is -0.472. The van der Waals surface area contributed by atoms with E-state index < -0.39 is 0 Å². The van der Waals surface area contributed by atoms with Crippen LogP contribution in [0.4, 0.5) is 5.69 Å². The molecule has 0 aliphatic heterocycles. The third-order valence-corrected chi connectivity index (χ3v) is 2.44. The van der Waals surface area contributed by atoms with Gasteiger partial charge < -0.3 is 15.7 Å². The Kier molecular flexibility index (Phi) is 3.00. The average Bonchev–Trinajstić information content (AvgIpc) is 2.12.